The predicted octanol–water partition coefficient (Wildman–Crippen LogP) is 2.67. The highest BCUT2D eigenvalue weighted by Gasteiger charge is 2.16. The van der Waals surface area contributed by atoms with E-state index in [-0.39, 0.29) is 12.2 Å². The van der Waals surface area contributed by atoms with E-state index in [9.17, 15) is 4.79 Å². The summed E-state index contributed by atoms with van der Waals surface area (Å²) < 4.78 is 12.2. The molecule has 0 radical (unpaired) electrons. The molecule has 0 saturated heterocycles. The van der Waals surface area contributed by atoms with Crippen LogP contribution in [0.1, 0.15) is 21.7 Å². The highest BCUT2D eigenvalue weighted by Crippen LogP contribution is 2.31. The van der Waals surface area contributed by atoms with E-state index in [1.165, 1.54) is 0 Å². The van der Waals surface area contributed by atoms with Crippen molar-refractivity contribution < 1.29 is 14.3 Å². The Morgan fingerprint density at radius 2 is 1.94 bits per heavy atom. The second kappa shape index (κ2) is 8.97. The van der Waals surface area contributed by atoms with Gasteiger partial charge in [-0.2, -0.15) is 15.3 Å². The number of benzene rings is 1. The Balaban J connectivity index is 1.64. The van der Waals surface area contributed by atoms with Crippen LogP contribution in [-0.4, -0.2) is 56.6 Å². The number of hydrogen-bond acceptors (Lipinski definition) is 8. The largest absolute Gasteiger partial charge is 0.494 e. The molecule has 3 aromatic heterocycles. The molecule has 4 rings (SSSR count). The number of hydrogen-bond donors (Lipinski definition) is 0. The Labute approximate surface area is 179 Å². The van der Waals surface area contributed by atoms with Gasteiger partial charge in [-0.3, -0.25) is 14.5 Å². The summed E-state index contributed by atoms with van der Waals surface area (Å²) in [6, 6.07) is 7.49. The number of rotatable bonds is 8. The normalized spacial score (nSPS) is 11.1. The van der Waals surface area contributed by atoms with Crippen molar-refractivity contribution >= 4 is 16.8 Å². The minimum absolute atomic E-state index is 0.0863. The Morgan fingerprint density at radius 3 is 2.68 bits per heavy atom. The lowest BCUT2D eigenvalue weighted by Gasteiger charge is -2.10. The molecule has 1 aromatic carbocycles. The van der Waals surface area contributed by atoms with Crippen molar-refractivity contribution in [1.82, 2.24) is 29.9 Å². The topological polar surface area (TPSA) is 105 Å². The Bertz CT molecular complexity index is 1220. The minimum atomic E-state index is -0.0863. The zero-order valence-corrected chi connectivity index (χ0v) is 17.6. The molecule has 0 aliphatic heterocycles. The van der Waals surface area contributed by atoms with E-state index in [1.807, 2.05) is 31.2 Å². The molecule has 0 N–H and O–H groups in total. The van der Waals surface area contributed by atoms with Gasteiger partial charge in [0.1, 0.15) is 16.8 Å². The number of ketones is 1. The fourth-order valence-corrected chi connectivity index (χ4v) is 3.19. The van der Waals surface area contributed by atoms with E-state index in [0.717, 1.165) is 11.3 Å². The molecule has 0 saturated carbocycles. The fourth-order valence-electron chi connectivity index (χ4n) is 3.19. The summed E-state index contributed by atoms with van der Waals surface area (Å²) >= 11 is 0. The van der Waals surface area contributed by atoms with Crippen molar-refractivity contribution in [2.45, 2.75) is 19.9 Å². The van der Waals surface area contributed by atoms with Gasteiger partial charge in [-0.25, -0.2) is 4.98 Å². The fraction of sp³-hybridized carbons (Fsp3) is 0.273. The van der Waals surface area contributed by atoms with Gasteiger partial charge in [0.2, 0.25) is 0 Å². The molecule has 0 aliphatic rings. The number of carbonyl (C=O) groups is 1. The van der Waals surface area contributed by atoms with Crippen molar-refractivity contribution in [3.05, 3.63) is 59.8 Å². The molecule has 0 amide bonds. The first-order valence-corrected chi connectivity index (χ1v) is 9.77. The first-order chi connectivity index (χ1) is 15.1. The average molecular weight is 418 g/mol. The van der Waals surface area contributed by atoms with Crippen LogP contribution in [0.4, 0.5) is 0 Å². The third-order valence-electron chi connectivity index (χ3n) is 4.83. The number of carbonyl (C=O) groups excluding carboxylic acids is 1. The summed E-state index contributed by atoms with van der Waals surface area (Å²) in [6.45, 7) is 2.99. The molecule has 9 heteroatoms. The molecule has 31 heavy (non-hydrogen) atoms. The van der Waals surface area contributed by atoms with Crippen LogP contribution >= 0.6 is 0 Å². The van der Waals surface area contributed by atoms with Crippen molar-refractivity contribution in [3.8, 4) is 17.0 Å². The number of Topliss-reactive ketones (excluding diaryl/α,β-unsaturated/α-hetero) is 1. The van der Waals surface area contributed by atoms with Gasteiger partial charge in [0.25, 0.3) is 0 Å². The van der Waals surface area contributed by atoms with E-state index in [0.29, 0.717) is 46.9 Å². The Hall–Kier alpha value is -3.72. The van der Waals surface area contributed by atoms with Crippen LogP contribution in [0.25, 0.3) is 22.3 Å². The summed E-state index contributed by atoms with van der Waals surface area (Å²) in [6.07, 6.45) is 4.99. The smallest absolute Gasteiger partial charge is 0.172 e. The molecule has 0 bridgehead atoms. The molecule has 0 fully saturated rings. The van der Waals surface area contributed by atoms with Crippen molar-refractivity contribution in [1.29, 1.82) is 0 Å². The van der Waals surface area contributed by atoms with Crippen LogP contribution in [0.2, 0.25) is 0 Å². The maximum Gasteiger partial charge on any atom is 0.172 e. The number of nitrogens with zero attached hydrogens (tertiary/aromatic N) is 6. The van der Waals surface area contributed by atoms with E-state index >= 15 is 0 Å². The molecular formula is C22H22N6O3. The molecule has 158 valence electrons. The highest BCUT2D eigenvalue weighted by molar-refractivity contribution is 5.98. The lowest BCUT2D eigenvalue weighted by Crippen LogP contribution is -2.07. The monoisotopic (exact) mass is 418 g/mol. The molecule has 0 atom stereocenters. The number of aryl methyl sites for hydroxylation is 1. The number of aromatic nitrogens is 6. The minimum Gasteiger partial charge on any atom is -0.494 e. The Morgan fingerprint density at radius 1 is 1.06 bits per heavy atom. The molecule has 4 aromatic rings. The third-order valence-corrected chi connectivity index (χ3v) is 4.83. The van der Waals surface area contributed by atoms with Crippen LogP contribution in [0.15, 0.2) is 42.9 Å². The van der Waals surface area contributed by atoms with Gasteiger partial charge in [-0.05, 0) is 31.2 Å². The summed E-state index contributed by atoms with van der Waals surface area (Å²) in [5, 5.41) is 12.6. The Kier molecular flexibility index (Phi) is 5.94. The number of ether oxygens (including phenoxy) is 2. The maximum absolute atomic E-state index is 12.7. The van der Waals surface area contributed by atoms with E-state index < -0.39 is 0 Å². The van der Waals surface area contributed by atoms with Crippen molar-refractivity contribution in [2.24, 2.45) is 0 Å². The number of fused-ring (bicyclic) bond motifs is 1. The SMILES string of the molecule is COCCn1cc(C(=O)Cc2cnc3c(-c4ccc(C)nn4)ccc(OC)c3n2)cn1. The average Bonchev–Trinajstić information content (AvgIpc) is 3.27. The second-order valence-corrected chi connectivity index (χ2v) is 7.02. The van der Waals surface area contributed by atoms with Gasteiger partial charge in [-0.1, -0.05) is 0 Å². The van der Waals surface area contributed by atoms with Crippen LogP contribution in [0.5, 0.6) is 5.75 Å². The standard InChI is InChI=1S/C22H22N6O3/c1-14-4-6-18(27-26-14)17-5-7-20(31-3)22-21(17)23-12-16(25-22)10-19(29)15-11-24-28(13-15)8-9-30-2/h4-7,11-13H,8-10H2,1-3H3. The first-order valence-electron chi connectivity index (χ1n) is 9.77. The second-order valence-electron chi connectivity index (χ2n) is 7.02. The molecule has 0 unspecified atom stereocenters. The summed E-state index contributed by atoms with van der Waals surface area (Å²) in [5.41, 5.74) is 4.61. The summed E-state index contributed by atoms with van der Waals surface area (Å²) in [7, 11) is 3.20. The lowest BCUT2D eigenvalue weighted by atomic mass is 10.1. The van der Waals surface area contributed by atoms with Crippen LogP contribution < -0.4 is 4.74 Å². The lowest BCUT2D eigenvalue weighted by molar-refractivity contribution is 0.0991. The third kappa shape index (κ3) is 4.41. The number of methoxy groups -OCH3 is 2. The van der Waals surface area contributed by atoms with Crippen molar-refractivity contribution in [2.75, 3.05) is 20.8 Å². The van der Waals surface area contributed by atoms with Gasteiger partial charge in [-0.15, -0.1) is 0 Å². The molecule has 0 aliphatic carbocycles. The quantitative estimate of drug-likeness (QED) is 0.402. The van der Waals surface area contributed by atoms with Gasteiger partial charge in [0.15, 0.2) is 5.78 Å². The predicted molar refractivity (Wildman–Crippen MR) is 114 cm³/mol. The van der Waals surface area contributed by atoms with Crippen LogP contribution in [0.3, 0.4) is 0 Å². The van der Waals surface area contributed by atoms with E-state index in [4.69, 9.17) is 9.47 Å². The molecule has 3 heterocycles. The van der Waals surface area contributed by atoms with Crippen molar-refractivity contribution in [3.63, 3.8) is 0 Å². The van der Waals surface area contributed by atoms with Gasteiger partial charge in [0.05, 0.1) is 55.5 Å². The highest BCUT2D eigenvalue weighted by atomic mass is 16.5. The zero-order valence-electron chi connectivity index (χ0n) is 17.6. The maximum atomic E-state index is 12.7. The summed E-state index contributed by atoms with van der Waals surface area (Å²) in [4.78, 5) is 22.0. The van der Waals surface area contributed by atoms with E-state index in [2.05, 4.69) is 25.3 Å². The molecule has 9 nitrogen and oxygen atoms in total. The van der Waals surface area contributed by atoms with Gasteiger partial charge in [0, 0.05) is 25.1 Å². The summed E-state index contributed by atoms with van der Waals surface area (Å²) in [5.74, 6) is 0.491. The van der Waals surface area contributed by atoms with Crippen LogP contribution in [0, 0.1) is 6.92 Å². The molecular weight excluding hydrogens is 396 g/mol. The zero-order chi connectivity index (χ0) is 21.8. The van der Waals surface area contributed by atoms with E-state index in [1.54, 1.807) is 37.5 Å². The van der Waals surface area contributed by atoms with Gasteiger partial charge >= 0.3 is 0 Å². The molecule has 0 spiro atoms. The van der Waals surface area contributed by atoms with Gasteiger partial charge < -0.3 is 9.47 Å². The first kappa shape index (κ1) is 20.5. The van der Waals surface area contributed by atoms with Crippen LogP contribution in [-0.2, 0) is 17.7 Å².